The van der Waals surface area contributed by atoms with Crippen LogP contribution in [0.4, 0.5) is 0 Å². The largest absolute Gasteiger partial charge is 0.314 e. The zero-order chi connectivity index (χ0) is 13.0. The van der Waals surface area contributed by atoms with Crippen molar-refractivity contribution in [2.45, 2.75) is 76.3 Å². The molecule has 1 saturated carbocycles. The molecule has 0 spiro atoms. The Morgan fingerprint density at radius 2 is 2.06 bits per heavy atom. The molecule has 0 aromatic carbocycles. The van der Waals surface area contributed by atoms with E-state index in [-0.39, 0.29) is 0 Å². The van der Waals surface area contributed by atoms with Gasteiger partial charge in [0.2, 0.25) is 0 Å². The van der Waals surface area contributed by atoms with Crippen molar-refractivity contribution in [3.63, 3.8) is 0 Å². The van der Waals surface area contributed by atoms with Crippen molar-refractivity contribution in [2.24, 2.45) is 0 Å². The van der Waals surface area contributed by atoms with E-state index in [1.54, 1.807) is 0 Å². The van der Waals surface area contributed by atoms with E-state index in [4.69, 9.17) is 0 Å². The minimum Gasteiger partial charge on any atom is -0.314 e. The molecule has 4 atom stereocenters. The molecule has 4 unspecified atom stereocenters. The first kappa shape index (κ1) is 14.7. The number of hydrogen-bond acceptors (Lipinski definition) is 3. The predicted molar refractivity (Wildman–Crippen MR) is 82.4 cm³/mol. The van der Waals surface area contributed by atoms with Crippen molar-refractivity contribution < 1.29 is 0 Å². The number of likely N-dealkylation sites (tertiary alicyclic amines) is 1. The molecular weight excluding hydrogens is 240 g/mol. The molecule has 2 aliphatic rings. The smallest absolute Gasteiger partial charge is 0.0217 e. The summed E-state index contributed by atoms with van der Waals surface area (Å²) < 4.78 is 0. The van der Waals surface area contributed by atoms with Gasteiger partial charge in [-0.05, 0) is 44.9 Å². The third kappa shape index (κ3) is 3.43. The Balaban J connectivity index is 1.89. The number of nitrogens with zero attached hydrogens (tertiary/aromatic N) is 1. The summed E-state index contributed by atoms with van der Waals surface area (Å²) in [6, 6.07) is 2.40. The summed E-state index contributed by atoms with van der Waals surface area (Å²) in [5.41, 5.74) is 0. The lowest BCUT2D eigenvalue weighted by Gasteiger charge is -2.43. The lowest BCUT2D eigenvalue weighted by Crippen LogP contribution is -2.52. The van der Waals surface area contributed by atoms with Crippen LogP contribution >= 0.6 is 11.8 Å². The summed E-state index contributed by atoms with van der Waals surface area (Å²) in [6.07, 6.45) is 7.02. The zero-order valence-electron chi connectivity index (χ0n) is 12.3. The molecule has 18 heavy (non-hydrogen) atoms. The Hall–Kier alpha value is 0.270. The zero-order valence-corrected chi connectivity index (χ0v) is 13.1. The lowest BCUT2D eigenvalue weighted by atomic mass is 9.96. The molecule has 1 N–H and O–H groups in total. The molecule has 0 aromatic rings. The number of hydrogen-bond donors (Lipinski definition) is 1. The van der Waals surface area contributed by atoms with Crippen molar-refractivity contribution in [1.82, 2.24) is 10.2 Å². The lowest BCUT2D eigenvalue weighted by molar-refractivity contribution is 0.0928. The second kappa shape index (κ2) is 7.16. The highest BCUT2D eigenvalue weighted by Gasteiger charge is 2.36. The summed E-state index contributed by atoms with van der Waals surface area (Å²) in [5.74, 6) is 1.28. The van der Waals surface area contributed by atoms with Gasteiger partial charge in [-0.1, -0.05) is 20.3 Å². The van der Waals surface area contributed by atoms with Gasteiger partial charge in [0, 0.05) is 29.9 Å². The van der Waals surface area contributed by atoms with Crippen LogP contribution in [0.5, 0.6) is 0 Å². The van der Waals surface area contributed by atoms with E-state index in [1.165, 1.54) is 44.4 Å². The van der Waals surface area contributed by atoms with Crippen LogP contribution < -0.4 is 5.32 Å². The van der Waals surface area contributed by atoms with Crippen LogP contribution in [0.25, 0.3) is 0 Å². The van der Waals surface area contributed by atoms with Crippen LogP contribution in [-0.4, -0.2) is 47.1 Å². The molecule has 1 aliphatic heterocycles. The van der Waals surface area contributed by atoms with Gasteiger partial charge in [-0.3, -0.25) is 4.90 Å². The highest BCUT2D eigenvalue weighted by Crippen LogP contribution is 2.36. The van der Waals surface area contributed by atoms with E-state index in [2.05, 4.69) is 42.7 Å². The van der Waals surface area contributed by atoms with E-state index in [0.717, 1.165) is 29.9 Å². The highest BCUT2D eigenvalue weighted by molar-refractivity contribution is 7.99. The van der Waals surface area contributed by atoms with Gasteiger partial charge in [0.25, 0.3) is 0 Å². The summed E-state index contributed by atoms with van der Waals surface area (Å²) in [7, 11) is 0. The van der Waals surface area contributed by atoms with E-state index >= 15 is 0 Å². The van der Waals surface area contributed by atoms with Crippen molar-refractivity contribution in [1.29, 1.82) is 0 Å². The Morgan fingerprint density at radius 3 is 2.72 bits per heavy atom. The quantitative estimate of drug-likeness (QED) is 0.826. The molecular formula is C15H30N2S. The summed E-state index contributed by atoms with van der Waals surface area (Å²) in [5, 5.41) is 4.54. The topological polar surface area (TPSA) is 15.3 Å². The second-order valence-electron chi connectivity index (χ2n) is 5.86. The molecule has 2 nitrogen and oxygen atoms in total. The van der Waals surface area contributed by atoms with E-state index in [0.29, 0.717) is 0 Å². The monoisotopic (exact) mass is 270 g/mol. The van der Waals surface area contributed by atoms with Gasteiger partial charge in [-0.15, -0.1) is 0 Å². The SMILES string of the molecule is CCNC1CCN(C2CCCC2SCC)C(C)C1. The van der Waals surface area contributed by atoms with Gasteiger partial charge in [0.15, 0.2) is 0 Å². The van der Waals surface area contributed by atoms with Crippen LogP contribution in [0.1, 0.15) is 52.9 Å². The fraction of sp³-hybridized carbons (Fsp3) is 1.00. The standard InChI is InChI=1S/C15H30N2S/c1-4-16-13-9-10-17(12(3)11-13)14-7-6-8-15(14)18-5-2/h12-16H,4-11H2,1-3H3. The molecule has 1 heterocycles. The van der Waals surface area contributed by atoms with Crippen molar-refractivity contribution in [3.05, 3.63) is 0 Å². The number of rotatable bonds is 5. The van der Waals surface area contributed by atoms with Gasteiger partial charge in [-0.25, -0.2) is 0 Å². The second-order valence-corrected chi connectivity index (χ2v) is 7.37. The van der Waals surface area contributed by atoms with Crippen LogP contribution in [0.15, 0.2) is 0 Å². The molecule has 0 amide bonds. The van der Waals surface area contributed by atoms with Crippen LogP contribution in [0.2, 0.25) is 0 Å². The van der Waals surface area contributed by atoms with Gasteiger partial charge in [-0.2, -0.15) is 11.8 Å². The molecule has 106 valence electrons. The first-order chi connectivity index (χ1) is 8.76. The average molecular weight is 270 g/mol. The minimum absolute atomic E-state index is 0.764. The van der Waals surface area contributed by atoms with Crippen LogP contribution in [0, 0.1) is 0 Å². The molecule has 0 bridgehead atoms. The summed E-state index contributed by atoms with van der Waals surface area (Å²) in [4.78, 5) is 2.83. The Labute approximate surface area is 117 Å². The van der Waals surface area contributed by atoms with Crippen molar-refractivity contribution in [3.8, 4) is 0 Å². The minimum atomic E-state index is 0.764. The highest BCUT2D eigenvalue weighted by atomic mass is 32.2. The molecule has 2 fully saturated rings. The summed E-state index contributed by atoms with van der Waals surface area (Å²) >= 11 is 2.20. The number of nitrogens with one attached hydrogen (secondary N) is 1. The molecule has 2 rings (SSSR count). The Kier molecular flexibility index (Phi) is 5.84. The maximum atomic E-state index is 3.63. The first-order valence-corrected chi connectivity index (χ1v) is 8.91. The maximum Gasteiger partial charge on any atom is 0.0217 e. The molecule has 1 saturated heterocycles. The van der Waals surface area contributed by atoms with Gasteiger partial charge in [0.1, 0.15) is 0 Å². The maximum absolute atomic E-state index is 3.63. The summed E-state index contributed by atoms with van der Waals surface area (Å²) in [6.45, 7) is 9.40. The molecule has 3 heteroatoms. The molecule has 0 aromatic heterocycles. The Morgan fingerprint density at radius 1 is 1.22 bits per heavy atom. The van der Waals surface area contributed by atoms with E-state index in [9.17, 15) is 0 Å². The van der Waals surface area contributed by atoms with Crippen molar-refractivity contribution >= 4 is 11.8 Å². The fourth-order valence-corrected chi connectivity index (χ4v) is 5.13. The average Bonchev–Trinajstić information content (AvgIpc) is 2.78. The molecule has 1 aliphatic carbocycles. The van der Waals surface area contributed by atoms with Crippen LogP contribution in [0.3, 0.4) is 0 Å². The third-order valence-electron chi connectivity index (χ3n) is 4.64. The predicted octanol–water partition coefficient (Wildman–Crippen LogP) is 3.12. The van der Waals surface area contributed by atoms with Gasteiger partial charge < -0.3 is 5.32 Å². The van der Waals surface area contributed by atoms with E-state index < -0.39 is 0 Å². The Bertz CT molecular complexity index is 247. The number of piperidine rings is 1. The molecule has 0 radical (unpaired) electrons. The number of thioether (sulfide) groups is 1. The van der Waals surface area contributed by atoms with Gasteiger partial charge >= 0.3 is 0 Å². The van der Waals surface area contributed by atoms with Crippen LogP contribution in [-0.2, 0) is 0 Å². The normalized spacial score (nSPS) is 38.2. The van der Waals surface area contributed by atoms with E-state index in [1.807, 2.05) is 0 Å². The van der Waals surface area contributed by atoms with Crippen molar-refractivity contribution in [2.75, 3.05) is 18.8 Å². The van der Waals surface area contributed by atoms with Gasteiger partial charge in [0.05, 0.1) is 0 Å². The first-order valence-electron chi connectivity index (χ1n) is 7.87. The third-order valence-corrected chi connectivity index (χ3v) is 5.96. The fourth-order valence-electron chi connectivity index (χ4n) is 3.85.